The number of aliphatic carboxylic acids is 1. The van der Waals surface area contributed by atoms with Crippen LogP contribution in [0.1, 0.15) is 0 Å². The molecule has 1 unspecified atom stereocenters. The van der Waals surface area contributed by atoms with E-state index in [1.807, 2.05) is 0 Å². The molecule has 0 aromatic carbocycles. The number of anilines is 1. The van der Waals surface area contributed by atoms with Gasteiger partial charge in [0.05, 0.1) is 25.6 Å². The second-order valence-corrected chi connectivity index (χ2v) is 3.71. The summed E-state index contributed by atoms with van der Waals surface area (Å²) in [6.45, 7) is 1.08. The van der Waals surface area contributed by atoms with Gasteiger partial charge in [0, 0.05) is 6.54 Å². The highest BCUT2D eigenvalue weighted by Crippen LogP contribution is 2.18. The van der Waals surface area contributed by atoms with E-state index < -0.39 is 12.0 Å². The number of carboxylic acids is 1. The van der Waals surface area contributed by atoms with Gasteiger partial charge in [0.15, 0.2) is 6.04 Å². The first-order chi connectivity index (χ1) is 7.68. The molecule has 6 nitrogen and oxygen atoms in total. The van der Waals surface area contributed by atoms with Crippen LogP contribution in [0.15, 0.2) is 12.4 Å². The van der Waals surface area contributed by atoms with E-state index in [9.17, 15) is 4.79 Å². The van der Waals surface area contributed by atoms with E-state index in [1.165, 1.54) is 12.4 Å². The normalized spacial score (nSPS) is 20.8. The van der Waals surface area contributed by atoms with Gasteiger partial charge in [0.25, 0.3) is 0 Å². The summed E-state index contributed by atoms with van der Waals surface area (Å²) in [6, 6.07) is -0.735. The number of rotatable bonds is 2. The molecule has 1 N–H and O–H groups in total. The Kier molecular flexibility index (Phi) is 3.21. The summed E-state index contributed by atoms with van der Waals surface area (Å²) < 4.78 is 5.12. The lowest BCUT2D eigenvalue weighted by atomic mass is 10.2. The van der Waals surface area contributed by atoms with E-state index in [0.29, 0.717) is 19.0 Å². The molecule has 1 aliphatic heterocycles. The molecule has 1 aromatic heterocycles. The number of hydrogen-bond donors (Lipinski definition) is 1. The van der Waals surface area contributed by atoms with Crippen LogP contribution in [0, 0.1) is 0 Å². The smallest absolute Gasteiger partial charge is 0.328 e. The van der Waals surface area contributed by atoms with Crippen LogP contribution in [-0.4, -0.2) is 46.8 Å². The minimum absolute atomic E-state index is 0.142. The van der Waals surface area contributed by atoms with Crippen LogP contribution in [0.4, 0.5) is 5.82 Å². The van der Waals surface area contributed by atoms with Crippen LogP contribution in [0.2, 0.25) is 5.15 Å². The molecule has 1 aromatic rings. The van der Waals surface area contributed by atoms with Gasteiger partial charge < -0.3 is 14.7 Å². The summed E-state index contributed by atoms with van der Waals surface area (Å²) in [7, 11) is 0. The molecule has 0 aliphatic carbocycles. The van der Waals surface area contributed by atoms with Crippen LogP contribution in [0.25, 0.3) is 0 Å². The van der Waals surface area contributed by atoms with Crippen molar-refractivity contribution in [3.05, 3.63) is 17.5 Å². The van der Waals surface area contributed by atoms with Crippen molar-refractivity contribution in [1.29, 1.82) is 0 Å². The van der Waals surface area contributed by atoms with E-state index in [0.717, 1.165) is 0 Å². The lowest BCUT2D eigenvalue weighted by molar-refractivity contribution is -0.141. The van der Waals surface area contributed by atoms with Gasteiger partial charge in [-0.25, -0.2) is 9.78 Å². The topological polar surface area (TPSA) is 75.6 Å². The Bertz CT molecular complexity index is 401. The van der Waals surface area contributed by atoms with Crippen molar-refractivity contribution in [1.82, 2.24) is 9.97 Å². The molecule has 2 heterocycles. The molecule has 16 heavy (non-hydrogen) atoms. The number of nitrogens with zero attached hydrogens (tertiary/aromatic N) is 3. The highest BCUT2D eigenvalue weighted by Gasteiger charge is 2.30. The van der Waals surface area contributed by atoms with E-state index in [2.05, 4.69) is 9.97 Å². The van der Waals surface area contributed by atoms with Crippen LogP contribution in [0.3, 0.4) is 0 Å². The third kappa shape index (κ3) is 2.23. The second kappa shape index (κ2) is 4.63. The molecule has 0 spiro atoms. The van der Waals surface area contributed by atoms with Gasteiger partial charge in [-0.1, -0.05) is 11.6 Å². The Balaban J connectivity index is 2.26. The van der Waals surface area contributed by atoms with Crippen LogP contribution >= 0.6 is 11.6 Å². The molecule has 7 heteroatoms. The zero-order chi connectivity index (χ0) is 11.5. The summed E-state index contributed by atoms with van der Waals surface area (Å²) >= 11 is 5.71. The van der Waals surface area contributed by atoms with Crippen molar-refractivity contribution in [2.45, 2.75) is 6.04 Å². The SMILES string of the molecule is O=C(O)C1COCCN1c1cncc(Cl)n1. The molecule has 2 rings (SSSR count). The summed E-state index contributed by atoms with van der Waals surface area (Å²) in [5, 5.41) is 9.28. The highest BCUT2D eigenvalue weighted by molar-refractivity contribution is 6.29. The van der Waals surface area contributed by atoms with Crippen LogP contribution in [0.5, 0.6) is 0 Å². The first kappa shape index (κ1) is 11.1. The van der Waals surface area contributed by atoms with E-state index in [4.69, 9.17) is 21.4 Å². The molecule has 0 saturated carbocycles. The second-order valence-electron chi connectivity index (χ2n) is 3.32. The fraction of sp³-hybridized carbons (Fsp3) is 0.444. The maximum absolute atomic E-state index is 11.0. The first-order valence-corrected chi connectivity index (χ1v) is 5.11. The van der Waals surface area contributed by atoms with E-state index >= 15 is 0 Å². The number of carbonyl (C=O) groups is 1. The standard InChI is InChI=1S/C9H10ClN3O3/c10-7-3-11-4-8(12-7)13-1-2-16-5-6(13)9(14)15/h3-4,6H,1-2,5H2,(H,14,15). The Labute approximate surface area is 96.8 Å². The third-order valence-electron chi connectivity index (χ3n) is 2.30. The maximum Gasteiger partial charge on any atom is 0.328 e. The number of morpholine rings is 1. The fourth-order valence-electron chi connectivity index (χ4n) is 1.55. The quantitative estimate of drug-likeness (QED) is 0.811. The molecule has 1 fully saturated rings. The summed E-state index contributed by atoms with van der Waals surface area (Å²) in [5.74, 6) is -0.482. The average molecular weight is 244 g/mol. The fourth-order valence-corrected chi connectivity index (χ4v) is 1.70. The number of carboxylic acid groups (broad SMARTS) is 1. The first-order valence-electron chi connectivity index (χ1n) is 4.73. The number of halogens is 1. The molecule has 1 atom stereocenters. The summed E-state index contributed by atoms with van der Waals surface area (Å²) in [5.41, 5.74) is 0. The largest absolute Gasteiger partial charge is 0.480 e. The Hall–Kier alpha value is -1.40. The number of aromatic nitrogens is 2. The third-order valence-corrected chi connectivity index (χ3v) is 2.48. The maximum atomic E-state index is 11.0. The van der Waals surface area contributed by atoms with Gasteiger partial charge in [-0.3, -0.25) is 4.98 Å². The lowest BCUT2D eigenvalue weighted by Gasteiger charge is -2.33. The summed E-state index contributed by atoms with van der Waals surface area (Å²) in [6.07, 6.45) is 2.90. The van der Waals surface area contributed by atoms with E-state index in [1.54, 1.807) is 4.90 Å². The predicted octanol–water partition coefficient (Wildman–Crippen LogP) is 0.420. The Morgan fingerprint density at radius 2 is 2.44 bits per heavy atom. The average Bonchev–Trinajstić information content (AvgIpc) is 2.29. The van der Waals surface area contributed by atoms with Crippen molar-refractivity contribution < 1.29 is 14.6 Å². The number of hydrogen-bond acceptors (Lipinski definition) is 5. The summed E-state index contributed by atoms with van der Waals surface area (Å²) in [4.78, 5) is 20.6. The van der Waals surface area contributed by atoms with Crippen molar-refractivity contribution in [3.63, 3.8) is 0 Å². The zero-order valence-electron chi connectivity index (χ0n) is 8.34. The van der Waals surface area contributed by atoms with Gasteiger partial charge in [-0.15, -0.1) is 0 Å². The van der Waals surface area contributed by atoms with Gasteiger partial charge >= 0.3 is 5.97 Å². The van der Waals surface area contributed by atoms with Crippen molar-refractivity contribution in [2.75, 3.05) is 24.7 Å². The zero-order valence-corrected chi connectivity index (χ0v) is 9.09. The monoisotopic (exact) mass is 243 g/mol. The lowest BCUT2D eigenvalue weighted by Crippen LogP contribution is -2.50. The van der Waals surface area contributed by atoms with E-state index in [-0.39, 0.29) is 11.8 Å². The van der Waals surface area contributed by atoms with Crippen LogP contribution in [-0.2, 0) is 9.53 Å². The molecular formula is C9H10ClN3O3. The molecule has 0 amide bonds. The van der Waals surface area contributed by atoms with Gasteiger partial charge in [-0.05, 0) is 0 Å². The van der Waals surface area contributed by atoms with Gasteiger partial charge in [-0.2, -0.15) is 0 Å². The number of ether oxygens (including phenoxy) is 1. The Morgan fingerprint density at radius 3 is 3.12 bits per heavy atom. The molecule has 86 valence electrons. The van der Waals surface area contributed by atoms with Crippen molar-refractivity contribution in [3.8, 4) is 0 Å². The van der Waals surface area contributed by atoms with Crippen molar-refractivity contribution in [2.24, 2.45) is 0 Å². The minimum Gasteiger partial charge on any atom is -0.480 e. The van der Waals surface area contributed by atoms with Gasteiger partial charge in [0.1, 0.15) is 11.0 Å². The molecule has 1 aliphatic rings. The van der Waals surface area contributed by atoms with Crippen LogP contribution < -0.4 is 4.90 Å². The molecular weight excluding hydrogens is 234 g/mol. The Morgan fingerprint density at radius 1 is 1.62 bits per heavy atom. The molecule has 0 bridgehead atoms. The minimum atomic E-state index is -0.943. The highest BCUT2D eigenvalue weighted by atomic mass is 35.5. The molecule has 0 radical (unpaired) electrons. The van der Waals surface area contributed by atoms with Gasteiger partial charge in [0.2, 0.25) is 0 Å². The van der Waals surface area contributed by atoms with Crippen molar-refractivity contribution >= 4 is 23.4 Å². The molecule has 1 saturated heterocycles. The predicted molar refractivity (Wildman–Crippen MR) is 56.6 cm³/mol.